The third-order valence-electron chi connectivity index (χ3n) is 17.1. The lowest BCUT2D eigenvalue weighted by atomic mass is 9.97. The van der Waals surface area contributed by atoms with Crippen molar-refractivity contribution < 1.29 is 64.6 Å². The molecule has 14 nitrogen and oxygen atoms in total. The van der Waals surface area contributed by atoms with Gasteiger partial charge in [-0.05, 0) is 51.4 Å². The van der Waals surface area contributed by atoms with Crippen molar-refractivity contribution in [1.82, 2.24) is 5.32 Å². The first-order valence-corrected chi connectivity index (χ1v) is 34.7. The molecule has 0 saturated carbocycles. The van der Waals surface area contributed by atoms with Gasteiger partial charge in [0.2, 0.25) is 5.91 Å². The van der Waals surface area contributed by atoms with E-state index in [0.29, 0.717) is 12.8 Å². The highest BCUT2D eigenvalue weighted by atomic mass is 16.7. The SMILES string of the molecule is CCCCCCC/C=C\C/C=C\C/C=C\CCCCCCCCCCCCCCCCC(=O)NC(COC1OC(CO)C(OC2OC(CO)C(O)C(O)C2O)C(O)C1O)C(O)CCCCCCCCCCCCCCCCCCCCCC. The molecule has 0 bridgehead atoms. The van der Waals surface area contributed by atoms with Gasteiger partial charge in [0.25, 0.3) is 0 Å². The summed E-state index contributed by atoms with van der Waals surface area (Å²) in [5, 5.41) is 87.6. The van der Waals surface area contributed by atoms with E-state index in [1.165, 1.54) is 212 Å². The van der Waals surface area contributed by atoms with Crippen molar-refractivity contribution in [3.05, 3.63) is 36.5 Å². The van der Waals surface area contributed by atoms with Crippen LogP contribution >= 0.6 is 0 Å². The van der Waals surface area contributed by atoms with Crippen LogP contribution < -0.4 is 5.32 Å². The molecule has 2 heterocycles. The van der Waals surface area contributed by atoms with Crippen LogP contribution in [0.15, 0.2) is 36.5 Å². The zero-order valence-corrected chi connectivity index (χ0v) is 53.0. The van der Waals surface area contributed by atoms with Crippen LogP contribution in [0.5, 0.6) is 0 Å². The molecule has 0 spiro atoms. The van der Waals surface area contributed by atoms with Crippen LogP contribution in [0, 0.1) is 0 Å². The van der Waals surface area contributed by atoms with Crippen LogP contribution in [0.3, 0.4) is 0 Å². The van der Waals surface area contributed by atoms with Crippen molar-refractivity contribution in [3.63, 3.8) is 0 Å². The number of aliphatic hydroxyl groups is 8. The normalized spacial score (nSPS) is 24.0. The van der Waals surface area contributed by atoms with E-state index in [1.54, 1.807) is 0 Å². The van der Waals surface area contributed by atoms with Crippen LogP contribution in [-0.4, -0.2) is 140 Å². The Balaban J connectivity index is 1.67. The number of unbranched alkanes of at least 4 members (excludes halogenated alkanes) is 38. The number of hydrogen-bond donors (Lipinski definition) is 9. The molecule has 14 heteroatoms. The average molecular weight is 1180 g/mol. The lowest BCUT2D eigenvalue weighted by Gasteiger charge is -2.46. The summed E-state index contributed by atoms with van der Waals surface area (Å²) in [6.07, 6.45) is 51.5. The van der Waals surface area contributed by atoms with Gasteiger partial charge >= 0.3 is 0 Å². The van der Waals surface area contributed by atoms with Crippen molar-refractivity contribution >= 4 is 5.91 Å². The molecule has 488 valence electrons. The van der Waals surface area contributed by atoms with E-state index in [-0.39, 0.29) is 12.5 Å². The number of nitrogens with one attached hydrogen (secondary N) is 1. The fraction of sp³-hybridized carbons (Fsp3) is 0.899. The number of carbonyl (C=O) groups excluding carboxylic acids is 1. The Morgan fingerprint density at radius 1 is 0.434 bits per heavy atom. The van der Waals surface area contributed by atoms with E-state index in [0.717, 1.165) is 64.2 Å². The summed E-state index contributed by atoms with van der Waals surface area (Å²) >= 11 is 0. The van der Waals surface area contributed by atoms with Crippen molar-refractivity contribution in [3.8, 4) is 0 Å². The molecule has 2 saturated heterocycles. The fourth-order valence-electron chi connectivity index (χ4n) is 11.5. The van der Waals surface area contributed by atoms with Gasteiger partial charge in [-0.15, -0.1) is 0 Å². The summed E-state index contributed by atoms with van der Waals surface area (Å²) in [6, 6.07) is -0.830. The number of hydrogen-bond acceptors (Lipinski definition) is 13. The average Bonchev–Trinajstić information content (AvgIpc) is 3.65. The maximum Gasteiger partial charge on any atom is 0.220 e. The number of amides is 1. The molecule has 0 aliphatic carbocycles. The summed E-state index contributed by atoms with van der Waals surface area (Å²) in [7, 11) is 0. The van der Waals surface area contributed by atoms with E-state index in [1.807, 2.05) is 0 Å². The molecule has 2 rings (SSSR count). The Labute approximate surface area is 506 Å². The zero-order chi connectivity index (χ0) is 60.2. The van der Waals surface area contributed by atoms with Crippen molar-refractivity contribution in [2.45, 2.75) is 376 Å². The first kappa shape index (κ1) is 77.3. The van der Waals surface area contributed by atoms with Crippen molar-refractivity contribution in [1.29, 1.82) is 0 Å². The largest absolute Gasteiger partial charge is 0.394 e. The van der Waals surface area contributed by atoms with E-state index in [4.69, 9.17) is 18.9 Å². The molecule has 2 fully saturated rings. The van der Waals surface area contributed by atoms with Crippen LogP contribution in [-0.2, 0) is 23.7 Å². The first-order valence-electron chi connectivity index (χ1n) is 34.7. The van der Waals surface area contributed by atoms with E-state index in [9.17, 15) is 45.6 Å². The van der Waals surface area contributed by atoms with Crippen LogP contribution in [0.2, 0.25) is 0 Å². The summed E-state index contributed by atoms with van der Waals surface area (Å²) in [4.78, 5) is 13.3. The van der Waals surface area contributed by atoms with Gasteiger partial charge in [-0.25, -0.2) is 0 Å². The van der Waals surface area contributed by atoms with Gasteiger partial charge in [0.15, 0.2) is 12.6 Å². The molecule has 2 aliphatic heterocycles. The standard InChI is InChI=1S/C69H129NO13/c1-3-5-7-9-11-13-15-17-19-21-23-25-26-27-28-29-30-31-32-33-35-37-39-41-43-45-47-49-51-53-61(74)70-57(58(73)52-50-48-46-44-42-40-38-36-34-24-22-20-18-16-14-12-10-8-6-4-2)56-80-68-66(79)64(77)67(60(55-72)82-68)83-69-65(78)63(76)62(75)59(54-71)81-69/h15,17,21,23,26-27,57-60,62-69,71-73,75-79H,3-14,16,18-20,22,24-25,28-56H2,1-2H3,(H,70,74)/b17-15-,23-21-,27-26-. The van der Waals surface area contributed by atoms with Gasteiger partial charge in [-0.3, -0.25) is 4.79 Å². The van der Waals surface area contributed by atoms with Crippen LogP contribution in [0.25, 0.3) is 0 Å². The molecular formula is C69H129NO13. The second-order valence-electron chi connectivity index (χ2n) is 24.7. The van der Waals surface area contributed by atoms with Gasteiger partial charge < -0.3 is 65.1 Å². The number of rotatable bonds is 57. The summed E-state index contributed by atoms with van der Waals surface area (Å²) < 4.78 is 22.9. The Bertz CT molecular complexity index is 1530. The number of allylic oxidation sites excluding steroid dienone is 6. The molecule has 0 radical (unpaired) electrons. The van der Waals surface area contributed by atoms with E-state index in [2.05, 4.69) is 55.6 Å². The smallest absolute Gasteiger partial charge is 0.220 e. The minimum atomic E-state index is -1.78. The highest BCUT2D eigenvalue weighted by Crippen LogP contribution is 2.30. The number of carbonyl (C=O) groups is 1. The molecule has 1 amide bonds. The summed E-state index contributed by atoms with van der Waals surface area (Å²) in [6.45, 7) is 2.89. The minimum Gasteiger partial charge on any atom is -0.394 e. The van der Waals surface area contributed by atoms with Crippen LogP contribution in [0.4, 0.5) is 0 Å². The molecule has 12 unspecified atom stereocenters. The topological polar surface area (TPSA) is 228 Å². The molecule has 2 aliphatic rings. The molecule has 0 aromatic rings. The Morgan fingerprint density at radius 3 is 1.22 bits per heavy atom. The lowest BCUT2D eigenvalue weighted by molar-refractivity contribution is -0.359. The molecule has 0 aromatic carbocycles. The fourth-order valence-corrected chi connectivity index (χ4v) is 11.5. The molecule has 9 N–H and O–H groups in total. The Kier molecular flexibility index (Phi) is 50.6. The first-order chi connectivity index (χ1) is 40.6. The maximum atomic E-state index is 13.3. The van der Waals surface area contributed by atoms with Gasteiger partial charge in [0.05, 0.1) is 32.0 Å². The minimum absolute atomic E-state index is 0.203. The number of ether oxygens (including phenoxy) is 4. The summed E-state index contributed by atoms with van der Waals surface area (Å²) in [5.74, 6) is -0.203. The van der Waals surface area contributed by atoms with E-state index >= 15 is 0 Å². The number of aliphatic hydroxyl groups excluding tert-OH is 8. The third kappa shape index (κ3) is 39.0. The van der Waals surface area contributed by atoms with E-state index < -0.39 is 86.8 Å². The predicted molar refractivity (Wildman–Crippen MR) is 337 cm³/mol. The maximum absolute atomic E-state index is 13.3. The Hall–Kier alpha value is -1.79. The van der Waals surface area contributed by atoms with Crippen molar-refractivity contribution in [2.75, 3.05) is 19.8 Å². The summed E-state index contributed by atoms with van der Waals surface area (Å²) in [5.41, 5.74) is 0. The lowest BCUT2D eigenvalue weighted by Crippen LogP contribution is -2.65. The highest BCUT2D eigenvalue weighted by molar-refractivity contribution is 5.76. The van der Waals surface area contributed by atoms with Crippen LogP contribution in [0.1, 0.15) is 303 Å². The second kappa shape index (κ2) is 54.4. The van der Waals surface area contributed by atoms with Gasteiger partial charge in [0.1, 0.15) is 48.8 Å². The second-order valence-corrected chi connectivity index (χ2v) is 24.7. The van der Waals surface area contributed by atoms with Gasteiger partial charge in [-0.1, -0.05) is 281 Å². The molecule has 12 atom stereocenters. The van der Waals surface area contributed by atoms with Gasteiger partial charge in [-0.2, -0.15) is 0 Å². The molecule has 0 aromatic heterocycles. The Morgan fingerprint density at radius 2 is 0.795 bits per heavy atom. The monoisotopic (exact) mass is 1180 g/mol. The molecule has 83 heavy (non-hydrogen) atoms. The zero-order valence-electron chi connectivity index (χ0n) is 53.0. The molecular weight excluding hydrogens is 1050 g/mol. The highest BCUT2D eigenvalue weighted by Gasteiger charge is 2.51. The quantitative estimate of drug-likeness (QED) is 0.0204. The van der Waals surface area contributed by atoms with Gasteiger partial charge in [0, 0.05) is 6.42 Å². The predicted octanol–water partition coefficient (Wildman–Crippen LogP) is 13.7. The third-order valence-corrected chi connectivity index (χ3v) is 17.1. The van der Waals surface area contributed by atoms with Crippen molar-refractivity contribution in [2.24, 2.45) is 0 Å².